The first-order valence-corrected chi connectivity index (χ1v) is 19.1. The van der Waals surface area contributed by atoms with Crippen LogP contribution in [0.25, 0.3) is 0 Å². The van der Waals surface area contributed by atoms with E-state index in [1.165, 1.54) is 134 Å². The minimum absolute atomic E-state index is 0.0231. The number of aromatic carboxylic acids is 1. The summed E-state index contributed by atoms with van der Waals surface area (Å²) in [5.74, 6) is -1.73. The molecule has 0 heterocycles. The van der Waals surface area contributed by atoms with Gasteiger partial charge in [-0.05, 0) is 18.9 Å². The van der Waals surface area contributed by atoms with E-state index >= 15 is 0 Å². The number of ketones is 1. The van der Waals surface area contributed by atoms with Crippen LogP contribution in [0.2, 0.25) is 0 Å². The molecular formula is C40H68O5. The molecule has 1 atom stereocenters. The van der Waals surface area contributed by atoms with Crippen LogP contribution in [0, 0.1) is 0 Å². The topological polar surface area (TPSA) is 80.7 Å². The maximum atomic E-state index is 13.3. The predicted molar refractivity (Wildman–Crippen MR) is 188 cm³/mol. The maximum absolute atomic E-state index is 13.3. The molecule has 0 saturated heterocycles. The molecule has 1 N–H and O–H groups in total. The Kier molecular flexibility index (Phi) is 26.6. The van der Waals surface area contributed by atoms with Crippen LogP contribution in [0.15, 0.2) is 24.3 Å². The van der Waals surface area contributed by atoms with Crippen LogP contribution in [0.5, 0.6) is 0 Å². The van der Waals surface area contributed by atoms with Gasteiger partial charge in [-0.2, -0.15) is 0 Å². The lowest BCUT2D eigenvalue weighted by Gasteiger charge is -2.19. The average Bonchev–Trinajstić information content (AvgIpc) is 3.04. The lowest BCUT2D eigenvalue weighted by Crippen LogP contribution is -2.22. The molecule has 1 aromatic rings. The maximum Gasteiger partial charge on any atom is 0.336 e. The van der Waals surface area contributed by atoms with Gasteiger partial charge < -0.3 is 9.84 Å². The Morgan fingerprint density at radius 1 is 0.533 bits per heavy atom. The molecular weight excluding hydrogens is 560 g/mol. The Balaban J connectivity index is 2.34. The molecule has 45 heavy (non-hydrogen) atoms. The lowest BCUT2D eigenvalue weighted by atomic mass is 9.96. The number of carbonyl (C=O) groups is 3. The van der Waals surface area contributed by atoms with Gasteiger partial charge in [0, 0.05) is 18.4 Å². The van der Waals surface area contributed by atoms with Crippen LogP contribution >= 0.6 is 0 Å². The molecule has 0 saturated carbocycles. The Labute approximate surface area is 276 Å². The van der Waals surface area contributed by atoms with Crippen LogP contribution in [0.1, 0.15) is 216 Å². The predicted octanol–water partition coefficient (Wildman–Crippen LogP) is 12.5. The molecule has 0 aromatic heterocycles. The SMILES string of the molecule is CCCCCCCCCCCCCCCC(=O)OC(C(=O)CCCCCCCCCCCCCCC)c1ccccc1C(=O)O. The van der Waals surface area contributed by atoms with Crippen molar-refractivity contribution in [3.63, 3.8) is 0 Å². The number of carbonyl (C=O) groups excluding carboxylic acids is 2. The molecule has 0 spiro atoms. The molecule has 0 aliphatic rings. The average molecular weight is 629 g/mol. The van der Waals surface area contributed by atoms with Gasteiger partial charge in [0.2, 0.25) is 0 Å². The minimum atomic E-state index is -1.15. The fourth-order valence-corrected chi connectivity index (χ4v) is 6.15. The van der Waals surface area contributed by atoms with Crippen LogP contribution in [0.4, 0.5) is 0 Å². The van der Waals surface area contributed by atoms with Crippen LogP contribution in [-0.4, -0.2) is 22.8 Å². The molecule has 1 rings (SSSR count). The van der Waals surface area contributed by atoms with Crippen LogP contribution < -0.4 is 0 Å². The molecule has 0 amide bonds. The third-order valence-corrected chi connectivity index (χ3v) is 9.03. The molecule has 0 radical (unpaired) electrons. The summed E-state index contributed by atoms with van der Waals surface area (Å²) in [6.45, 7) is 4.51. The highest BCUT2D eigenvalue weighted by Gasteiger charge is 2.28. The van der Waals surface area contributed by atoms with E-state index in [0.29, 0.717) is 6.42 Å². The summed E-state index contributed by atoms with van der Waals surface area (Å²) in [6, 6.07) is 6.42. The summed E-state index contributed by atoms with van der Waals surface area (Å²) in [4.78, 5) is 37.9. The third-order valence-electron chi connectivity index (χ3n) is 9.03. The number of rotatable bonds is 32. The second kappa shape index (κ2) is 29.2. The van der Waals surface area contributed by atoms with Crippen molar-refractivity contribution in [3.05, 3.63) is 35.4 Å². The monoisotopic (exact) mass is 629 g/mol. The minimum Gasteiger partial charge on any atom is -0.478 e. The first kappa shape index (κ1) is 40.9. The van der Waals surface area contributed by atoms with Crippen molar-refractivity contribution in [2.45, 2.75) is 200 Å². The van der Waals surface area contributed by atoms with E-state index in [2.05, 4.69) is 13.8 Å². The van der Waals surface area contributed by atoms with E-state index in [4.69, 9.17) is 4.74 Å². The van der Waals surface area contributed by atoms with Gasteiger partial charge in [-0.25, -0.2) is 4.79 Å². The lowest BCUT2D eigenvalue weighted by molar-refractivity contribution is -0.155. The second-order valence-corrected chi connectivity index (χ2v) is 13.2. The first-order chi connectivity index (χ1) is 22.0. The van der Waals surface area contributed by atoms with Crippen molar-refractivity contribution in [3.8, 4) is 0 Å². The molecule has 258 valence electrons. The fourth-order valence-electron chi connectivity index (χ4n) is 6.15. The molecule has 5 heteroatoms. The summed E-state index contributed by atoms with van der Waals surface area (Å²) in [5, 5.41) is 9.71. The van der Waals surface area contributed by atoms with Crippen LogP contribution in [0.3, 0.4) is 0 Å². The van der Waals surface area contributed by atoms with E-state index in [0.717, 1.165) is 38.5 Å². The number of unbranched alkanes of at least 4 members (excludes halogenated alkanes) is 24. The van der Waals surface area contributed by atoms with Gasteiger partial charge in [0.15, 0.2) is 11.9 Å². The second-order valence-electron chi connectivity index (χ2n) is 13.2. The van der Waals surface area contributed by atoms with Crippen molar-refractivity contribution < 1.29 is 24.2 Å². The van der Waals surface area contributed by atoms with Crippen LogP contribution in [-0.2, 0) is 14.3 Å². The quantitative estimate of drug-likeness (QED) is 0.0634. The molecule has 1 unspecified atom stereocenters. The summed E-state index contributed by atoms with van der Waals surface area (Å²) in [5.41, 5.74) is 0.304. The van der Waals surface area contributed by atoms with Crippen molar-refractivity contribution in [1.82, 2.24) is 0 Å². The number of benzene rings is 1. The highest BCUT2D eigenvalue weighted by Crippen LogP contribution is 2.26. The van der Waals surface area contributed by atoms with Gasteiger partial charge in [-0.3, -0.25) is 9.59 Å². The zero-order valence-corrected chi connectivity index (χ0v) is 29.3. The number of carboxylic acid groups (broad SMARTS) is 1. The normalized spacial score (nSPS) is 11.9. The third kappa shape index (κ3) is 22.1. The zero-order chi connectivity index (χ0) is 32.8. The summed E-state index contributed by atoms with van der Waals surface area (Å²) in [6.07, 6.45) is 31.3. The van der Waals surface area contributed by atoms with Crippen molar-refractivity contribution >= 4 is 17.7 Å². The zero-order valence-electron chi connectivity index (χ0n) is 29.3. The number of hydrogen-bond donors (Lipinski definition) is 1. The van der Waals surface area contributed by atoms with Crippen molar-refractivity contribution in [2.24, 2.45) is 0 Å². The molecule has 0 aliphatic heterocycles. The van der Waals surface area contributed by atoms with Gasteiger partial charge in [0.05, 0.1) is 5.56 Å². The number of esters is 1. The first-order valence-electron chi connectivity index (χ1n) is 19.1. The highest BCUT2D eigenvalue weighted by molar-refractivity contribution is 5.94. The Hall–Kier alpha value is -2.17. The van der Waals surface area contributed by atoms with E-state index in [-0.39, 0.29) is 23.3 Å². The summed E-state index contributed by atoms with van der Waals surface area (Å²) >= 11 is 0. The number of ether oxygens (including phenoxy) is 1. The summed E-state index contributed by atoms with van der Waals surface area (Å²) < 4.78 is 5.71. The van der Waals surface area contributed by atoms with Crippen molar-refractivity contribution in [2.75, 3.05) is 0 Å². The highest BCUT2D eigenvalue weighted by atomic mass is 16.5. The van der Waals surface area contributed by atoms with E-state index in [1.54, 1.807) is 18.2 Å². The number of hydrogen-bond acceptors (Lipinski definition) is 4. The number of carboxylic acids is 1. The Bertz CT molecular complexity index is 879. The van der Waals surface area contributed by atoms with Gasteiger partial charge >= 0.3 is 11.9 Å². The molecule has 0 aliphatic carbocycles. The molecule has 0 fully saturated rings. The largest absolute Gasteiger partial charge is 0.478 e. The van der Waals surface area contributed by atoms with Crippen molar-refractivity contribution in [1.29, 1.82) is 0 Å². The van der Waals surface area contributed by atoms with Gasteiger partial charge in [-0.15, -0.1) is 0 Å². The van der Waals surface area contributed by atoms with E-state index < -0.39 is 18.0 Å². The summed E-state index contributed by atoms with van der Waals surface area (Å²) in [7, 11) is 0. The van der Waals surface area contributed by atoms with E-state index in [9.17, 15) is 19.5 Å². The van der Waals surface area contributed by atoms with Gasteiger partial charge in [-0.1, -0.05) is 186 Å². The number of Topliss-reactive ketones (excluding diaryl/α,β-unsaturated/α-hetero) is 1. The Morgan fingerprint density at radius 3 is 1.29 bits per heavy atom. The Morgan fingerprint density at radius 2 is 0.889 bits per heavy atom. The fraction of sp³-hybridized carbons (Fsp3) is 0.775. The van der Waals surface area contributed by atoms with Gasteiger partial charge in [0.1, 0.15) is 0 Å². The molecule has 5 nitrogen and oxygen atoms in total. The smallest absolute Gasteiger partial charge is 0.336 e. The van der Waals surface area contributed by atoms with E-state index in [1.807, 2.05) is 0 Å². The molecule has 0 bridgehead atoms. The van der Waals surface area contributed by atoms with Gasteiger partial charge in [0.25, 0.3) is 0 Å². The standard InChI is InChI=1S/C40H68O5/c1-3-5-7-9-11-13-15-17-19-21-23-25-27-33-37(41)39(35-31-29-30-32-36(35)40(43)44)45-38(42)34-28-26-24-22-20-18-16-14-12-10-8-6-4-2/h29-32,39H,3-28,33-34H2,1-2H3,(H,43,44). The molecule has 1 aromatic carbocycles.